The largest absolute Gasteiger partial charge is 0.295 e. The lowest BCUT2D eigenvalue weighted by Crippen LogP contribution is -2.54. The first-order valence-electron chi connectivity index (χ1n) is 5.28. The minimum absolute atomic E-state index is 0.267. The van der Waals surface area contributed by atoms with E-state index in [1.165, 1.54) is 4.88 Å². The van der Waals surface area contributed by atoms with E-state index in [-0.39, 0.29) is 5.78 Å². The molecule has 0 bridgehead atoms. The van der Waals surface area contributed by atoms with E-state index in [1.807, 2.05) is 19.1 Å². The van der Waals surface area contributed by atoms with Crippen LogP contribution in [-0.2, 0) is 0 Å². The molecule has 82 valence electrons. The van der Waals surface area contributed by atoms with E-state index < -0.39 is 0 Å². The molecule has 1 aromatic rings. The van der Waals surface area contributed by atoms with Crippen molar-refractivity contribution in [2.45, 2.75) is 20.8 Å². The monoisotopic (exact) mass is 223 g/mol. The highest BCUT2D eigenvalue weighted by Gasteiger charge is 2.34. The molecule has 0 amide bonds. The smallest absolute Gasteiger partial charge is 0.186 e. The summed E-state index contributed by atoms with van der Waals surface area (Å²) in [5.41, 5.74) is 0.408. The van der Waals surface area contributed by atoms with Gasteiger partial charge in [0.05, 0.1) is 11.4 Å². The first-order chi connectivity index (χ1) is 6.96. The number of thiophene rings is 1. The molecular formula is C12H17NOS. The SMILES string of the molecule is Cc1ccc(C(=O)CN2CC(C)(C)C2)s1. The van der Waals surface area contributed by atoms with E-state index >= 15 is 0 Å². The van der Waals surface area contributed by atoms with E-state index in [4.69, 9.17) is 0 Å². The van der Waals surface area contributed by atoms with Gasteiger partial charge in [-0.25, -0.2) is 0 Å². The zero-order valence-corrected chi connectivity index (χ0v) is 10.4. The number of rotatable bonds is 3. The average Bonchev–Trinajstić information content (AvgIpc) is 2.48. The number of Topliss-reactive ketones (excluding diaryl/α,β-unsaturated/α-hetero) is 1. The lowest BCUT2D eigenvalue weighted by atomic mass is 9.84. The fourth-order valence-electron chi connectivity index (χ4n) is 2.14. The van der Waals surface area contributed by atoms with Gasteiger partial charge in [0.1, 0.15) is 0 Å². The normalized spacial score (nSPS) is 19.9. The summed E-state index contributed by atoms with van der Waals surface area (Å²) < 4.78 is 0. The number of hydrogen-bond acceptors (Lipinski definition) is 3. The molecular weight excluding hydrogens is 206 g/mol. The summed E-state index contributed by atoms with van der Waals surface area (Å²) in [6, 6.07) is 3.95. The molecule has 1 aliphatic heterocycles. The van der Waals surface area contributed by atoms with Crippen LogP contribution in [0.25, 0.3) is 0 Å². The highest BCUT2D eigenvalue weighted by molar-refractivity contribution is 7.14. The van der Waals surface area contributed by atoms with Gasteiger partial charge in [-0.05, 0) is 24.5 Å². The molecule has 0 aliphatic carbocycles. The molecule has 2 nitrogen and oxygen atoms in total. The molecule has 0 radical (unpaired) electrons. The summed E-state index contributed by atoms with van der Waals surface area (Å²) in [4.78, 5) is 16.2. The molecule has 2 rings (SSSR count). The van der Waals surface area contributed by atoms with Crippen molar-refractivity contribution < 1.29 is 4.79 Å². The van der Waals surface area contributed by atoms with Gasteiger partial charge in [0, 0.05) is 18.0 Å². The molecule has 0 atom stereocenters. The van der Waals surface area contributed by atoms with Crippen molar-refractivity contribution in [1.82, 2.24) is 4.90 Å². The molecule has 0 aromatic carbocycles. The summed E-state index contributed by atoms with van der Waals surface area (Å²) in [5, 5.41) is 0. The molecule has 1 fully saturated rings. The summed E-state index contributed by atoms with van der Waals surface area (Å²) >= 11 is 1.60. The Balaban J connectivity index is 1.89. The maximum absolute atomic E-state index is 11.8. The Bertz CT molecular complexity index is 373. The Morgan fingerprint density at radius 1 is 1.47 bits per heavy atom. The number of aryl methyl sites for hydroxylation is 1. The van der Waals surface area contributed by atoms with Crippen LogP contribution < -0.4 is 0 Å². The topological polar surface area (TPSA) is 20.3 Å². The standard InChI is InChI=1S/C12H17NOS/c1-9-4-5-11(15-9)10(14)6-13-7-12(2,3)8-13/h4-5H,6-8H2,1-3H3. The predicted octanol–water partition coefficient (Wildman–Crippen LogP) is 2.58. The van der Waals surface area contributed by atoms with Crippen molar-refractivity contribution in [1.29, 1.82) is 0 Å². The summed E-state index contributed by atoms with van der Waals surface area (Å²) in [6.45, 7) is 9.19. The minimum atomic E-state index is 0.267. The van der Waals surface area contributed by atoms with Gasteiger partial charge in [-0.2, -0.15) is 0 Å². The van der Waals surface area contributed by atoms with Gasteiger partial charge in [-0.1, -0.05) is 13.8 Å². The van der Waals surface area contributed by atoms with Gasteiger partial charge in [-0.15, -0.1) is 11.3 Å². The zero-order chi connectivity index (χ0) is 11.1. The first-order valence-corrected chi connectivity index (χ1v) is 6.10. The average molecular weight is 223 g/mol. The molecule has 0 spiro atoms. The lowest BCUT2D eigenvalue weighted by Gasteiger charge is -2.45. The Labute approximate surface area is 94.9 Å². The minimum Gasteiger partial charge on any atom is -0.295 e. The van der Waals surface area contributed by atoms with Crippen LogP contribution in [0.5, 0.6) is 0 Å². The molecule has 2 heterocycles. The Morgan fingerprint density at radius 3 is 2.60 bits per heavy atom. The van der Waals surface area contributed by atoms with Crippen LogP contribution in [0.2, 0.25) is 0 Å². The summed E-state index contributed by atoms with van der Waals surface area (Å²) in [5.74, 6) is 0.267. The highest BCUT2D eigenvalue weighted by atomic mass is 32.1. The number of likely N-dealkylation sites (tertiary alicyclic amines) is 1. The van der Waals surface area contributed by atoms with E-state index in [1.54, 1.807) is 11.3 Å². The Hall–Kier alpha value is -0.670. The number of carbonyl (C=O) groups is 1. The van der Waals surface area contributed by atoms with Gasteiger partial charge in [-0.3, -0.25) is 9.69 Å². The number of nitrogens with zero attached hydrogens (tertiary/aromatic N) is 1. The third kappa shape index (κ3) is 2.47. The molecule has 15 heavy (non-hydrogen) atoms. The maximum Gasteiger partial charge on any atom is 0.186 e. The third-order valence-corrected chi connectivity index (χ3v) is 3.73. The molecule has 3 heteroatoms. The van der Waals surface area contributed by atoms with E-state index in [0.717, 1.165) is 18.0 Å². The third-order valence-electron chi connectivity index (χ3n) is 2.69. The fourth-order valence-corrected chi connectivity index (χ4v) is 2.94. The number of hydrogen-bond donors (Lipinski definition) is 0. The van der Waals surface area contributed by atoms with Crippen molar-refractivity contribution in [3.8, 4) is 0 Å². The molecule has 1 aliphatic rings. The van der Waals surface area contributed by atoms with Crippen molar-refractivity contribution in [3.05, 3.63) is 21.9 Å². The van der Waals surface area contributed by atoms with Crippen molar-refractivity contribution in [3.63, 3.8) is 0 Å². The fraction of sp³-hybridized carbons (Fsp3) is 0.583. The molecule has 0 saturated carbocycles. The Morgan fingerprint density at radius 2 is 2.13 bits per heavy atom. The molecule has 0 unspecified atom stereocenters. The molecule has 0 N–H and O–H groups in total. The van der Waals surface area contributed by atoms with Gasteiger partial charge in [0.25, 0.3) is 0 Å². The van der Waals surface area contributed by atoms with Crippen LogP contribution in [-0.4, -0.2) is 30.3 Å². The maximum atomic E-state index is 11.8. The molecule has 1 saturated heterocycles. The van der Waals surface area contributed by atoms with Crippen LogP contribution >= 0.6 is 11.3 Å². The van der Waals surface area contributed by atoms with Gasteiger partial charge in [0.2, 0.25) is 0 Å². The quantitative estimate of drug-likeness (QED) is 0.734. The van der Waals surface area contributed by atoms with E-state index in [2.05, 4.69) is 18.7 Å². The van der Waals surface area contributed by atoms with Crippen LogP contribution in [0.1, 0.15) is 28.4 Å². The van der Waals surface area contributed by atoms with Crippen LogP contribution in [0.3, 0.4) is 0 Å². The second-order valence-corrected chi connectivity index (χ2v) is 6.43. The van der Waals surface area contributed by atoms with Gasteiger partial charge < -0.3 is 0 Å². The van der Waals surface area contributed by atoms with E-state index in [9.17, 15) is 4.79 Å². The number of carbonyl (C=O) groups excluding carboxylic acids is 1. The molecule has 1 aromatic heterocycles. The summed E-state index contributed by atoms with van der Waals surface area (Å²) in [7, 11) is 0. The second kappa shape index (κ2) is 3.72. The van der Waals surface area contributed by atoms with Crippen molar-refractivity contribution in [2.75, 3.05) is 19.6 Å². The second-order valence-electron chi connectivity index (χ2n) is 5.14. The van der Waals surface area contributed by atoms with Crippen molar-refractivity contribution in [2.24, 2.45) is 5.41 Å². The number of ketones is 1. The van der Waals surface area contributed by atoms with E-state index in [0.29, 0.717) is 12.0 Å². The summed E-state index contributed by atoms with van der Waals surface area (Å²) in [6.07, 6.45) is 0. The van der Waals surface area contributed by atoms with Crippen molar-refractivity contribution >= 4 is 17.1 Å². The van der Waals surface area contributed by atoms with Crippen LogP contribution in [0.15, 0.2) is 12.1 Å². The van der Waals surface area contributed by atoms with Gasteiger partial charge in [0.15, 0.2) is 5.78 Å². The lowest BCUT2D eigenvalue weighted by molar-refractivity contribution is 0.0314. The predicted molar refractivity (Wildman–Crippen MR) is 63.6 cm³/mol. The Kier molecular flexibility index (Phi) is 2.69. The zero-order valence-electron chi connectivity index (χ0n) is 9.54. The van der Waals surface area contributed by atoms with Crippen LogP contribution in [0, 0.1) is 12.3 Å². The van der Waals surface area contributed by atoms with Gasteiger partial charge >= 0.3 is 0 Å². The first kappa shape index (κ1) is 10.8. The van der Waals surface area contributed by atoms with Crippen LogP contribution in [0.4, 0.5) is 0 Å². The highest BCUT2D eigenvalue weighted by Crippen LogP contribution is 2.28.